The van der Waals surface area contributed by atoms with Crippen LogP contribution in [0.15, 0.2) is 24.3 Å². The van der Waals surface area contributed by atoms with Gasteiger partial charge in [0.2, 0.25) is 10.0 Å². The summed E-state index contributed by atoms with van der Waals surface area (Å²) in [5.41, 5.74) is 2.07. The zero-order chi connectivity index (χ0) is 12.9. The van der Waals surface area contributed by atoms with Crippen molar-refractivity contribution in [1.82, 2.24) is 4.72 Å². The van der Waals surface area contributed by atoms with Crippen molar-refractivity contribution in [1.29, 1.82) is 0 Å². The highest BCUT2D eigenvalue weighted by atomic mass is 32.2. The van der Waals surface area contributed by atoms with Crippen LogP contribution in [0.4, 0.5) is 0 Å². The Labute approximate surface area is 103 Å². The highest BCUT2D eigenvalue weighted by Crippen LogP contribution is 2.04. The molecule has 96 valence electrons. The van der Waals surface area contributed by atoms with Gasteiger partial charge in [-0.15, -0.1) is 0 Å². The molecule has 1 aromatic rings. The van der Waals surface area contributed by atoms with Crippen LogP contribution in [0.25, 0.3) is 0 Å². The summed E-state index contributed by atoms with van der Waals surface area (Å²) in [6, 6.07) is 7.68. The van der Waals surface area contributed by atoms with Crippen molar-refractivity contribution in [3.63, 3.8) is 0 Å². The fourth-order valence-corrected chi connectivity index (χ4v) is 2.74. The normalized spacial score (nSPS) is 13.6. The molecule has 0 spiro atoms. The van der Waals surface area contributed by atoms with Crippen molar-refractivity contribution < 1.29 is 13.5 Å². The Kier molecular flexibility index (Phi) is 5.11. The second kappa shape index (κ2) is 6.14. The Bertz CT molecular complexity index is 439. The summed E-state index contributed by atoms with van der Waals surface area (Å²) in [5, 5.41) is 8.82. The maximum atomic E-state index is 11.6. The fraction of sp³-hybridized carbons (Fsp3) is 0.500. The molecule has 0 aliphatic rings. The van der Waals surface area contributed by atoms with E-state index in [0.717, 1.165) is 11.1 Å². The molecule has 0 aromatic heterocycles. The number of hydrogen-bond acceptors (Lipinski definition) is 3. The monoisotopic (exact) mass is 257 g/mol. The Morgan fingerprint density at radius 2 is 1.88 bits per heavy atom. The smallest absolute Gasteiger partial charge is 0.212 e. The van der Waals surface area contributed by atoms with Gasteiger partial charge in [-0.25, -0.2) is 13.1 Å². The average Bonchev–Trinajstić information content (AvgIpc) is 2.28. The van der Waals surface area contributed by atoms with E-state index in [0.29, 0.717) is 6.54 Å². The van der Waals surface area contributed by atoms with Gasteiger partial charge in [-0.05, 0) is 18.4 Å². The largest absolute Gasteiger partial charge is 0.396 e. The van der Waals surface area contributed by atoms with E-state index in [1.807, 2.05) is 31.2 Å². The van der Waals surface area contributed by atoms with E-state index in [1.54, 1.807) is 6.92 Å². The summed E-state index contributed by atoms with van der Waals surface area (Å²) in [6.45, 7) is 3.86. The number of benzene rings is 1. The second-order valence-corrected chi connectivity index (χ2v) is 6.23. The maximum absolute atomic E-state index is 11.6. The predicted octanol–water partition coefficient (Wildman–Crippen LogP) is 1.04. The van der Waals surface area contributed by atoms with Gasteiger partial charge in [-0.2, -0.15) is 0 Å². The Morgan fingerprint density at radius 3 is 2.41 bits per heavy atom. The highest BCUT2D eigenvalue weighted by Gasteiger charge is 2.14. The van der Waals surface area contributed by atoms with E-state index in [2.05, 4.69) is 4.72 Å². The van der Waals surface area contributed by atoms with Gasteiger partial charge in [-0.1, -0.05) is 36.8 Å². The molecule has 0 aliphatic carbocycles. The van der Waals surface area contributed by atoms with Crippen molar-refractivity contribution >= 4 is 10.0 Å². The lowest BCUT2D eigenvalue weighted by atomic mass is 10.2. The fourth-order valence-electron chi connectivity index (χ4n) is 1.39. The molecule has 0 heterocycles. The number of hydrogen-bond donors (Lipinski definition) is 2. The molecule has 0 saturated heterocycles. The first-order valence-electron chi connectivity index (χ1n) is 5.56. The molecule has 0 bridgehead atoms. The van der Waals surface area contributed by atoms with Crippen LogP contribution in [0.3, 0.4) is 0 Å². The summed E-state index contributed by atoms with van der Waals surface area (Å²) >= 11 is 0. The number of sulfonamides is 1. The topological polar surface area (TPSA) is 66.4 Å². The lowest BCUT2D eigenvalue weighted by molar-refractivity contribution is 0.249. The van der Waals surface area contributed by atoms with Crippen molar-refractivity contribution in [2.45, 2.75) is 20.4 Å². The van der Waals surface area contributed by atoms with Crippen LogP contribution in [-0.4, -0.2) is 25.9 Å². The summed E-state index contributed by atoms with van der Waals surface area (Å²) in [7, 11) is -3.31. The van der Waals surface area contributed by atoms with Crippen LogP contribution < -0.4 is 4.72 Å². The molecule has 0 radical (unpaired) electrons. The minimum Gasteiger partial charge on any atom is -0.396 e. The van der Waals surface area contributed by atoms with Crippen LogP contribution in [0, 0.1) is 12.8 Å². The average molecular weight is 257 g/mol. The summed E-state index contributed by atoms with van der Waals surface area (Å²) in [6.07, 6.45) is 0. The second-order valence-electron chi connectivity index (χ2n) is 4.38. The minimum atomic E-state index is -3.31. The van der Waals surface area contributed by atoms with E-state index in [1.165, 1.54) is 0 Å². The van der Waals surface area contributed by atoms with Gasteiger partial charge in [0.25, 0.3) is 0 Å². The molecule has 5 heteroatoms. The van der Waals surface area contributed by atoms with Crippen molar-refractivity contribution in [3.8, 4) is 0 Å². The van der Waals surface area contributed by atoms with E-state index >= 15 is 0 Å². The molecule has 0 amide bonds. The SMILES string of the molecule is Cc1ccc(CNS(=O)(=O)CC(C)CO)cc1. The third-order valence-electron chi connectivity index (χ3n) is 2.43. The van der Waals surface area contributed by atoms with Gasteiger partial charge < -0.3 is 5.11 Å². The lowest BCUT2D eigenvalue weighted by Crippen LogP contribution is -2.29. The first-order chi connectivity index (χ1) is 7.93. The first-order valence-corrected chi connectivity index (χ1v) is 7.22. The first kappa shape index (κ1) is 14.2. The van der Waals surface area contributed by atoms with Crippen LogP contribution in [0.5, 0.6) is 0 Å². The van der Waals surface area contributed by atoms with Crippen LogP contribution >= 0.6 is 0 Å². The third-order valence-corrected chi connectivity index (χ3v) is 4.02. The molecule has 0 aliphatic heterocycles. The maximum Gasteiger partial charge on any atom is 0.212 e. The van der Waals surface area contributed by atoms with E-state index in [4.69, 9.17) is 5.11 Å². The van der Waals surface area contributed by atoms with Crippen LogP contribution in [0.1, 0.15) is 18.1 Å². The van der Waals surface area contributed by atoms with Gasteiger partial charge in [0.05, 0.1) is 5.75 Å². The van der Waals surface area contributed by atoms with Gasteiger partial charge in [0.15, 0.2) is 0 Å². The molecular formula is C12H19NO3S. The number of aliphatic hydroxyl groups excluding tert-OH is 1. The molecule has 1 atom stereocenters. The minimum absolute atomic E-state index is 0.0463. The van der Waals surface area contributed by atoms with Gasteiger partial charge in [0, 0.05) is 13.2 Å². The predicted molar refractivity (Wildman–Crippen MR) is 68.1 cm³/mol. The van der Waals surface area contributed by atoms with Crippen molar-refractivity contribution in [2.24, 2.45) is 5.92 Å². The van der Waals surface area contributed by atoms with Crippen LogP contribution in [0.2, 0.25) is 0 Å². The van der Waals surface area contributed by atoms with E-state index in [-0.39, 0.29) is 18.3 Å². The van der Waals surface area contributed by atoms with E-state index in [9.17, 15) is 8.42 Å². The Morgan fingerprint density at radius 1 is 1.29 bits per heavy atom. The Hall–Kier alpha value is -0.910. The summed E-state index contributed by atoms with van der Waals surface area (Å²) in [5.74, 6) is -0.291. The molecule has 1 unspecified atom stereocenters. The summed E-state index contributed by atoms with van der Waals surface area (Å²) in [4.78, 5) is 0. The number of nitrogens with one attached hydrogen (secondary N) is 1. The molecule has 2 N–H and O–H groups in total. The summed E-state index contributed by atoms with van der Waals surface area (Å²) < 4.78 is 25.8. The number of aryl methyl sites for hydroxylation is 1. The quantitative estimate of drug-likeness (QED) is 0.800. The Balaban J connectivity index is 2.52. The molecule has 0 saturated carbocycles. The highest BCUT2D eigenvalue weighted by molar-refractivity contribution is 7.89. The third kappa shape index (κ3) is 5.30. The lowest BCUT2D eigenvalue weighted by Gasteiger charge is -2.10. The zero-order valence-corrected chi connectivity index (χ0v) is 11.0. The molecule has 1 aromatic carbocycles. The number of rotatable bonds is 6. The van der Waals surface area contributed by atoms with Crippen molar-refractivity contribution in [2.75, 3.05) is 12.4 Å². The molecule has 4 nitrogen and oxygen atoms in total. The van der Waals surface area contributed by atoms with E-state index < -0.39 is 10.0 Å². The van der Waals surface area contributed by atoms with Crippen LogP contribution in [-0.2, 0) is 16.6 Å². The van der Waals surface area contributed by atoms with Gasteiger partial charge in [-0.3, -0.25) is 0 Å². The molecule has 0 fully saturated rings. The molecule has 1 rings (SSSR count). The molecular weight excluding hydrogens is 238 g/mol. The van der Waals surface area contributed by atoms with Gasteiger partial charge >= 0.3 is 0 Å². The molecule has 17 heavy (non-hydrogen) atoms. The van der Waals surface area contributed by atoms with Crippen molar-refractivity contribution in [3.05, 3.63) is 35.4 Å². The zero-order valence-electron chi connectivity index (χ0n) is 10.2. The van der Waals surface area contributed by atoms with Gasteiger partial charge in [0.1, 0.15) is 0 Å². The standard InChI is InChI=1S/C12H19NO3S/c1-10-3-5-12(6-4-10)7-13-17(15,16)9-11(2)8-14/h3-6,11,13-14H,7-9H2,1-2H3. The number of aliphatic hydroxyl groups is 1.